The van der Waals surface area contributed by atoms with E-state index in [1.165, 1.54) is 0 Å². The van der Waals surface area contributed by atoms with E-state index in [4.69, 9.17) is 11.6 Å². The third-order valence-electron chi connectivity index (χ3n) is 3.90. The molecule has 1 saturated heterocycles. The van der Waals surface area contributed by atoms with Crippen molar-refractivity contribution in [3.05, 3.63) is 11.4 Å². The SMILES string of the molecule is CCC1CN(S(=O)(=O)c2c(CCl)n[nH]c2C)CCN1C. The molecule has 1 aliphatic heterocycles. The fourth-order valence-corrected chi connectivity index (χ4v) is 4.68. The van der Waals surface area contributed by atoms with Crippen molar-refractivity contribution in [2.45, 2.75) is 37.1 Å². The number of nitrogens with zero attached hydrogens (tertiary/aromatic N) is 3. The molecule has 1 atom stereocenters. The van der Waals surface area contributed by atoms with Crippen molar-refractivity contribution >= 4 is 21.6 Å². The highest BCUT2D eigenvalue weighted by molar-refractivity contribution is 7.89. The molecular weight excluding hydrogens is 300 g/mol. The highest BCUT2D eigenvalue weighted by atomic mass is 35.5. The summed E-state index contributed by atoms with van der Waals surface area (Å²) >= 11 is 5.80. The molecule has 0 amide bonds. The van der Waals surface area contributed by atoms with Crippen LogP contribution in [0, 0.1) is 6.92 Å². The van der Waals surface area contributed by atoms with Gasteiger partial charge in [-0.1, -0.05) is 6.92 Å². The third kappa shape index (κ3) is 2.72. The molecule has 0 bridgehead atoms. The lowest BCUT2D eigenvalue weighted by Gasteiger charge is -2.38. The first-order chi connectivity index (χ1) is 9.41. The number of aromatic amines is 1. The number of likely N-dealkylation sites (N-methyl/N-ethyl adjacent to an activating group) is 1. The van der Waals surface area contributed by atoms with Crippen molar-refractivity contribution in [1.82, 2.24) is 19.4 Å². The first kappa shape index (κ1) is 15.8. The number of hydrogen-bond donors (Lipinski definition) is 1. The zero-order valence-electron chi connectivity index (χ0n) is 12.1. The zero-order chi connectivity index (χ0) is 14.9. The van der Waals surface area contributed by atoms with Crippen LogP contribution in [0.5, 0.6) is 0 Å². The Labute approximate surface area is 125 Å². The summed E-state index contributed by atoms with van der Waals surface area (Å²) in [6, 6.07) is 0.255. The number of aryl methyl sites for hydroxylation is 1. The van der Waals surface area contributed by atoms with Gasteiger partial charge in [-0.15, -0.1) is 11.6 Å². The number of sulfonamides is 1. The Balaban J connectivity index is 2.33. The second-order valence-corrected chi connectivity index (χ2v) is 7.31. The van der Waals surface area contributed by atoms with Crippen LogP contribution < -0.4 is 0 Å². The molecule has 1 aromatic heterocycles. The summed E-state index contributed by atoms with van der Waals surface area (Å²) < 4.78 is 27.2. The maximum absolute atomic E-state index is 12.8. The monoisotopic (exact) mass is 320 g/mol. The number of alkyl halides is 1. The second-order valence-electron chi connectivity index (χ2n) is 5.16. The van der Waals surface area contributed by atoms with Crippen molar-refractivity contribution in [2.75, 3.05) is 26.7 Å². The van der Waals surface area contributed by atoms with Gasteiger partial charge in [-0.05, 0) is 20.4 Å². The number of hydrogen-bond acceptors (Lipinski definition) is 4. The van der Waals surface area contributed by atoms with Crippen molar-refractivity contribution in [3.8, 4) is 0 Å². The molecule has 2 heterocycles. The molecule has 0 radical (unpaired) electrons. The van der Waals surface area contributed by atoms with Gasteiger partial charge < -0.3 is 4.90 Å². The Morgan fingerprint density at radius 1 is 1.45 bits per heavy atom. The predicted molar refractivity (Wildman–Crippen MR) is 78.3 cm³/mol. The van der Waals surface area contributed by atoms with E-state index in [1.54, 1.807) is 11.2 Å². The minimum absolute atomic E-state index is 0.0872. The van der Waals surface area contributed by atoms with E-state index in [2.05, 4.69) is 22.0 Å². The molecule has 0 saturated carbocycles. The first-order valence-electron chi connectivity index (χ1n) is 6.72. The predicted octanol–water partition coefficient (Wildman–Crippen LogP) is 1.17. The average molecular weight is 321 g/mol. The summed E-state index contributed by atoms with van der Waals surface area (Å²) in [7, 11) is -1.50. The highest BCUT2D eigenvalue weighted by Crippen LogP contribution is 2.25. The zero-order valence-corrected chi connectivity index (χ0v) is 13.6. The summed E-state index contributed by atoms with van der Waals surface area (Å²) in [6.45, 7) is 5.54. The lowest BCUT2D eigenvalue weighted by atomic mass is 10.1. The van der Waals surface area contributed by atoms with E-state index in [9.17, 15) is 8.42 Å². The number of nitrogens with one attached hydrogen (secondary N) is 1. The van der Waals surface area contributed by atoms with Crippen LogP contribution in [0.4, 0.5) is 0 Å². The number of halogens is 1. The standard InChI is InChI=1S/C12H21ClN4O2S/c1-4-10-8-17(6-5-16(10)3)20(18,19)12-9(2)14-15-11(12)7-13/h10H,4-8H2,1-3H3,(H,14,15). The molecule has 20 heavy (non-hydrogen) atoms. The van der Waals surface area contributed by atoms with Gasteiger partial charge in [-0.25, -0.2) is 8.42 Å². The minimum Gasteiger partial charge on any atom is -0.301 e. The normalized spacial score (nSPS) is 22.3. The number of piperazine rings is 1. The average Bonchev–Trinajstić information content (AvgIpc) is 2.80. The third-order valence-corrected chi connectivity index (χ3v) is 6.22. The molecule has 114 valence electrons. The molecule has 0 aliphatic carbocycles. The first-order valence-corrected chi connectivity index (χ1v) is 8.69. The van der Waals surface area contributed by atoms with Crippen LogP contribution in [0.1, 0.15) is 24.7 Å². The minimum atomic E-state index is -3.53. The molecule has 1 aromatic rings. The number of H-pyrrole nitrogens is 1. The number of rotatable bonds is 4. The quantitative estimate of drug-likeness (QED) is 0.846. The largest absolute Gasteiger partial charge is 0.301 e. The van der Waals surface area contributed by atoms with Crippen LogP contribution in [0.25, 0.3) is 0 Å². The maximum Gasteiger partial charge on any atom is 0.246 e. The van der Waals surface area contributed by atoms with E-state index in [-0.39, 0.29) is 16.8 Å². The lowest BCUT2D eigenvalue weighted by molar-refractivity contribution is 0.144. The van der Waals surface area contributed by atoms with Crippen LogP contribution in [0.3, 0.4) is 0 Å². The van der Waals surface area contributed by atoms with Gasteiger partial charge in [0, 0.05) is 25.7 Å². The van der Waals surface area contributed by atoms with Crippen molar-refractivity contribution in [2.24, 2.45) is 0 Å². The van der Waals surface area contributed by atoms with Crippen LogP contribution in [0.2, 0.25) is 0 Å². The van der Waals surface area contributed by atoms with Crippen molar-refractivity contribution < 1.29 is 8.42 Å². The molecule has 6 nitrogen and oxygen atoms in total. The van der Waals surface area contributed by atoms with Gasteiger partial charge >= 0.3 is 0 Å². The van der Waals surface area contributed by atoms with Crippen LogP contribution >= 0.6 is 11.6 Å². The van der Waals surface area contributed by atoms with E-state index < -0.39 is 10.0 Å². The molecule has 0 spiro atoms. The summed E-state index contributed by atoms with van der Waals surface area (Å²) in [6.07, 6.45) is 0.926. The van der Waals surface area contributed by atoms with E-state index in [0.717, 1.165) is 13.0 Å². The summed E-state index contributed by atoms with van der Waals surface area (Å²) in [4.78, 5) is 2.45. The highest BCUT2D eigenvalue weighted by Gasteiger charge is 2.35. The number of aromatic nitrogens is 2. The van der Waals surface area contributed by atoms with Gasteiger partial charge in [0.2, 0.25) is 10.0 Å². The van der Waals surface area contributed by atoms with E-state index >= 15 is 0 Å². The van der Waals surface area contributed by atoms with Crippen LogP contribution in [0.15, 0.2) is 4.90 Å². The van der Waals surface area contributed by atoms with Crippen LogP contribution in [-0.2, 0) is 15.9 Å². The summed E-state index contributed by atoms with van der Waals surface area (Å²) in [5, 5.41) is 6.69. The van der Waals surface area contributed by atoms with E-state index in [1.807, 2.05) is 7.05 Å². The van der Waals surface area contributed by atoms with Gasteiger partial charge in [0.1, 0.15) is 4.90 Å². The molecule has 1 fully saturated rings. The second kappa shape index (κ2) is 6.01. The fourth-order valence-electron chi connectivity index (χ4n) is 2.61. The summed E-state index contributed by atoms with van der Waals surface area (Å²) in [5.74, 6) is 0.0872. The van der Waals surface area contributed by atoms with Crippen molar-refractivity contribution in [3.63, 3.8) is 0 Å². The van der Waals surface area contributed by atoms with E-state index in [0.29, 0.717) is 24.5 Å². The maximum atomic E-state index is 12.8. The van der Waals surface area contributed by atoms with Gasteiger partial charge in [-0.3, -0.25) is 5.10 Å². The Hall–Kier alpha value is -0.630. The van der Waals surface area contributed by atoms with Gasteiger partial charge in [0.15, 0.2) is 0 Å². The molecule has 0 aromatic carbocycles. The smallest absolute Gasteiger partial charge is 0.246 e. The molecule has 1 unspecified atom stereocenters. The van der Waals surface area contributed by atoms with Crippen molar-refractivity contribution in [1.29, 1.82) is 0 Å². The Morgan fingerprint density at radius 3 is 2.75 bits per heavy atom. The molecule has 1 N–H and O–H groups in total. The van der Waals surface area contributed by atoms with Gasteiger partial charge in [0.25, 0.3) is 0 Å². The fraction of sp³-hybridized carbons (Fsp3) is 0.750. The van der Waals surface area contributed by atoms with Gasteiger partial charge in [0.05, 0.1) is 17.3 Å². The summed E-state index contributed by atoms with van der Waals surface area (Å²) in [5.41, 5.74) is 0.948. The molecule has 2 rings (SSSR count). The molecule has 1 aliphatic rings. The Morgan fingerprint density at radius 2 is 2.15 bits per heavy atom. The lowest BCUT2D eigenvalue weighted by Crippen LogP contribution is -2.52. The van der Waals surface area contributed by atoms with Crippen LogP contribution in [-0.4, -0.2) is 60.5 Å². The molecular formula is C12H21ClN4O2S. The van der Waals surface area contributed by atoms with Gasteiger partial charge in [-0.2, -0.15) is 9.40 Å². The Bertz CT molecular complexity index is 572. The topological polar surface area (TPSA) is 69.3 Å². The molecule has 8 heteroatoms. The Kier molecular flexibility index (Phi) is 4.73.